The Morgan fingerprint density at radius 3 is 2.62 bits per heavy atom. The summed E-state index contributed by atoms with van der Waals surface area (Å²) in [7, 11) is -2.30. The Balaban J connectivity index is 1.93. The summed E-state index contributed by atoms with van der Waals surface area (Å²) in [6, 6.07) is 13.7. The van der Waals surface area contributed by atoms with Gasteiger partial charge in [-0.2, -0.15) is 0 Å². The van der Waals surface area contributed by atoms with Crippen LogP contribution in [-0.2, 0) is 10.0 Å². The number of para-hydroxylation sites is 1. The zero-order valence-corrected chi connectivity index (χ0v) is 14.8. The van der Waals surface area contributed by atoms with E-state index in [9.17, 15) is 8.42 Å². The van der Waals surface area contributed by atoms with Crippen molar-refractivity contribution in [3.05, 3.63) is 58.9 Å². The number of anilines is 1. The lowest BCUT2D eigenvalue weighted by atomic mass is 10.1. The van der Waals surface area contributed by atoms with Gasteiger partial charge in [0.25, 0.3) is 10.0 Å². The average Bonchev–Trinajstić information content (AvgIpc) is 3.01. The highest BCUT2D eigenvalue weighted by Gasteiger charge is 2.19. The van der Waals surface area contributed by atoms with Crippen LogP contribution in [0.15, 0.2) is 58.8 Å². The van der Waals surface area contributed by atoms with Crippen LogP contribution in [-0.4, -0.2) is 20.5 Å². The van der Waals surface area contributed by atoms with Crippen molar-refractivity contribution < 1.29 is 13.2 Å². The largest absolute Gasteiger partial charge is 0.495 e. The monoisotopic (exact) mass is 360 g/mol. The number of nitrogens with one attached hydrogen (secondary N) is 1. The van der Waals surface area contributed by atoms with Gasteiger partial charge in [0.05, 0.1) is 17.8 Å². The van der Waals surface area contributed by atoms with Gasteiger partial charge in [0.2, 0.25) is 0 Å². The molecular formula is C17H16N2O3S2. The van der Waals surface area contributed by atoms with Crippen LogP contribution < -0.4 is 9.46 Å². The van der Waals surface area contributed by atoms with Crippen molar-refractivity contribution >= 4 is 27.0 Å². The Morgan fingerprint density at radius 1 is 1.12 bits per heavy atom. The van der Waals surface area contributed by atoms with E-state index in [0.717, 1.165) is 16.3 Å². The molecule has 0 aliphatic heterocycles. The molecule has 0 aliphatic rings. The molecule has 3 rings (SSSR count). The molecule has 0 fully saturated rings. The second kappa shape index (κ2) is 6.62. The minimum absolute atomic E-state index is 0.0994. The second-order valence-electron chi connectivity index (χ2n) is 5.09. The maximum atomic E-state index is 12.6. The van der Waals surface area contributed by atoms with Gasteiger partial charge < -0.3 is 4.74 Å². The summed E-state index contributed by atoms with van der Waals surface area (Å²) in [6.45, 7) is 1.93. The third-order valence-corrected chi connectivity index (χ3v) is 5.58. The van der Waals surface area contributed by atoms with Gasteiger partial charge in [0.1, 0.15) is 10.6 Å². The molecule has 1 N–H and O–H groups in total. The highest BCUT2D eigenvalue weighted by molar-refractivity contribution is 7.92. The van der Waals surface area contributed by atoms with Gasteiger partial charge in [-0.15, -0.1) is 11.3 Å². The van der Waals surface area contributed by atoms with Crippen LogP contribution in [0.5, 0.6) is 5.75 Å². The van der Waals surface area contributed by atoms with Gasteiger partial charge in [0.15, 0.2) is 0 Å². The summed E-state index contributed by atoms with van der Waals surface area (Å²) in [5, 5.41) is 2.91. The number of sulfonamides is 1. The molecule has 1 aromatic heterocycles. The van der Waals surface area contributed by atoms with Crippen LogP contribution in [0, 0.1) is 6.92 Å². The van der Waals surface area contributed by atoms with Crippen molar-refractivity contribution in [3.8, 4) is 17.0 Å². The Bertz CT molecular complexity index is 965. The molecule has 0 atom stereocenters. The maximum absolute atomic E-state index is 12.6. The molecule has 0 amide bonds. The molecule has 0 saturated heterocycles. The van der Waals surface area contributed by atoms with Crippen molar-refractivity contribution in [2.24, 2.45) is 0 Å². The van der Waals surface area contributed by atoms with Crippen LogP contribution in [0.3, 0.4) is 0 Å². The lowest BCUT2D eigenvalue weighted by molar-refractivity contribution is 0.403. The lowest BCUT2D eigenvalue weighted by Crippen LogP contribution is -2.14. The third kappa shape index (κ3) is 3.42. The highest BCUT2D eigenvalue weighted by atomic mass is 32.2. The molecule has 0 unspecified atom stereocenters. The van der Waals surface area contributed by atoms with Crippen LogP contribution in [0.4, 0.5) is 5.69 Å². The van der Waals surface area contributed by atoms with E-state index in [2.05, 4.69) is 9.71 Å². The molecule has 0 spiro atoms. The van der Waals surface area contributed by atoms with Crippen LogP contribution in [0.1, 0.15) is 5.01 Å². The molecule has 0 radical (unpaired) electrons. The van der Waals surface area contributed by atoms with Gasteiger partial charge in [-0.25, -0.2) is 13.4 Å². The molecular weight excluding hydrogens is 344 g/mol. The standard InChI is InChI=1S/C17H16N2O3S2/c1-12-18-15(11-23-12)13-6-5-7-14(10-13)19-24(20,21)17-9-4-3-8-16(17)22-2/h3-11,19H,1-2H3. The van der Waals surface area contributed by atoms with Crippen molar-refractivity contribution in [1.29, 1.82) is 0 Å². The van der Waals surface area contributed by atoms with E-state index in [4.69, 9.17) is 4.74 Å². The van der Waals surface area contributed by atoms with Gasteiger partial charge in [-0.1, -0.05) is 24.3 Å². The Kier molecular flexibility index (Phi) is 4.55. The maximum Gasteiger partial charge on any atom is 0.265 e. The second-order valence-corrected chi connectivity index (χ2v) is 7.80. The number of methoxy groups -OCH3 is 1. The molecule has 0 bridgehead atoms. The summed E-state index contributed by atoms with van der Waals surface area (Å²) in [6.07, 6.45) is 0. The summed E-state index contributed by atoms with van der Waals surface area (Å²) < 4.78 is 33.0. The predicted octanol–water partition coefficient (Wildman–Crippen LogP) is 3.93. The number of benzene rings is 2. The molecule has 0 aliphatic carbocycles. The fourth-order valence-corrected chi connectivity index (χ4v) is 4.13. The van der Waals surface area contributed by atoms with Crippen LogP contribution >= 0.6 is 11.3 Å². The number of ether oxygens (including phenoxy) is 1. The minimum atomic E-state index is -3.74. The van der Waals surface area contributed by atoms with Crippen LogP contribution in [0.2, 0.25) is 0 Å². The normalized spacial score (nSPS) is 11.2. The first-order chi connectivity index (χ1) is 11.5. The number of hydrogen-bond acceptors (Lipinski definition) is 5. The molecule has 5 nitrogen and oxygen atoms in total. The van der Waals surface area contributed by atoms with E-state index >= 15 is 0 Å². The first-order valence-corrected chi connectivity index (χ1v) is 9.54. The molecule has 1 heterocycles. The van der Waals surface area contributed by atoms with Crippen molar-refractivity contribution in [2.75, 3.05) is 11.8 Å². The lowest BCUT2D eigenvalue weighted by Gasteiger charge is -2.12. The quantitative estimate of drug-likeness (QED) is 0.748. The minimum Gasteiger partial charge on any atom is -0.495 e. The third-order valence-electron chi connectivity index (χ3n) is 3.39. The number of thiazole rings is 1. The van der Waals surface area contributed by atoms with Crippen molar-refractivity contribution in [3.63, 3.8) is 0 Å². The molecule has 24 heavy (non-hydrogen) atoms. The van der Waals surface area contributed by atoms with E-state index in [1.807, 2.05) is 18.4 Å². The van der Waals surface area contributed by atoms with Crippen molar-refractivity contribution in [1.82, 2.24) is 4.98 Å². The summed E-state index contributed by atoms with van der Waals surface area (Å²) in [4.78, 5) is 4.52. The van der Waals surface area contributed by atoms with E-state index in [0.29, 0.717) is 11.4 Å². The Hall–Kier alpha value is -2.38. The molecule has 2 aromatic carbocycles. The molecule has 7 heteroatoms. The first kappa shape index (κ1) is 16.5. The average molecular weight is 360 g/mol. The van der Waals surface area contributed by atoms with Crippen LogP contribution in [0.25, 0.3) is 11.3 Å². The summed E-state index contributed by atoms with van der Waals surface area (Å²) >= 11 is 1.55. The SMILES string of the molecule is COc1ccccc1S(=O)(=O)Nc1cccc(-c2csc(C)n2)c1. The first-order valence-electron chi connectivity index (χ1n) is 7.18. The number of aryl methyl sites for hydroxylation is 1. The van der Waals surface area contributed by atoms with E-state index in [1.54, 1.807) is 47.7 Å². The van der Waals surface area contributed by atoms with Crippen molar-refractivity contribution in [2.45, 2.75) is 11.8 Å². The topological polar surface area (TPSA) is 68.3 Å². The van der Waals surface area contributed by atoms with E-state index in [-0.39, 0.29) is 4.90 Å². The molecule has 0 saturated carbocycles. The highest BCUT2D eigenvalue weighted by Crippen LogP contribution is 2.28. The van der Waals surface area contributed by atoms with Gasteiger partial charge in [-0.3, -0.25) is 4.72 Å². The fourth-order valence-electron chi connectivity index (χ4n) is 2.29. The number of rotatable bonds is 5. The predicted molar refractivity (Wildman–Crippen MR) is 96.1 cm³/mol. The van der Waals surface area contributed by atoms with E-state index < -0.39 is 10.0 Å². The summed E-state index contributed by atoms with van der Waals surface area (Å²) in [5.74, 6) is 0.302. The number of hydrogen-bond donors (Lipinski definition) is 1. The Morgan fingerprint density at radius 2 is 1.92 bits per heavy atom. The number of aromatic nitrogens is 1. The van der Waals surface area contributed by atoms with Gasteiger partial charge in [0, 0.05) is 16.6 Å². The van der Waals surface area contributed by atoms with Gasteiger partial charge in [-0.05, 0) is 31.2 Å². The summed E-state index contributed by atoms with van der Waals surface area (Å²) in [5.41, 5.74) is 2.17. The van der Waals surface area contributed by atoms with E-state index in [1.165, 1.54) is 13.2 Å². The number of nitrogens with zero attached hydrogens (tertiary/aromatic N) is 1. The van der Waals surface area contributed by atoms with Gasteiger partial charge >= 0.3 is 0 Å². The zero-order chi connectivity index (χ0) is 17.2. The fraction of sp³-hybridized carbons (Fsp3) is 0.118. The molecule has 3 aromatic rings. The Labute approximate surface area is 145 Å². The molecule has 124 valence electrons. The smallest absolute Gasteiger partial charge is 0.265 e. The zero-order valence-electron chi connectivity index (χ0n) is 13.2.